The van der Waals surface area contributed by atoms with E-state index < -0.39 is 4.33 Å². The van der Waals surface area contributed by atoms with Crippen molar-refractivity contribution in [3.8, 4) is 5.75 Å². The van der Waals surface area contributed by atoms with Crippen molar-refractivity contribution in [3.05, 3.63) is 24.3 Å². The molecule has 1 aromatic carbocycles. The van der Waals surface area contributed by atoms with Crippen LogP contribution in [0.25, 0.3) is 0 Å². The van der Waals surface area contributed by atoms with E-state index in [4.69, 9.17) is 27.9 Å². The van der Waals surface area contributed by atoms with Gasteiger partial charge >= 0.3 is 0 Å². The summed E-state index contributed by atoms with van der Waals surface area (Å²) in [5.41, 5.74) is 0.770. The molecule has 3 fully saturated rings. The van der Waals surface area contributed by atoms with E-state index in [9.17, 15) is 4.79 Å². The first kappa shape index (κ1) is 16.5. The van der Waals surface area contributed by atoms with Crippen LogP contribution >= 0.6 is 23.2 Å². The average molecular weight is 368 g/mol. The fourth-order valence-corrected chi connectivity index (χ4v) is 5.60. The Morgan fingerprint density at radius 3 is 2.42 bits per heavy atom. The van der Waals surface area contributed by atoms with Crippen LogP contribution in [0.4, 0.5) is 5.69 Å². The number of amides is 1. The van der Waals surface area contributed by atoms with Crippen molar-refractivity contribution in [3.63, 3.8) is 0 Å². The van der Waals surface area contributed by atoms with Crippen molar-refractivity contribution < 1.29 is 9.53 Å². The fraction of sp³-hybridized carbons (Fsp3) is 0.632. The fourth-order valence-electron chi connectivity index (χ4n) is 4.68. The minimum atomic E-state index is -0.495. The van der Waals surface area contributed by atoms with Crippen LogP contribution < -0.4 is 10.1 Å². The number of nitrogens with one attached hydrogen (secondary N) is 1. The molecule has 3 aliphatic carbocycles. The molecule has 5 heteroatoms. The van der Waals surface area contributed by atoms with E-state index in [1.807, 2.05) is 31.2 Å². The van der Waals surface area contributed by atoms with Crippen molar-refractivity contribution >= 4 is 34.8 Å². The van der Waals surface area contributed by atoms with Crippen LogP contribution in [0.2, 0.25) is 0 Å². The molecule has 0 spiro atoms. The number of alkyl halides is 2. The monoisotopic (exact) mass is 367 g/mol. The van der Waals surface area contributed by atoms with Gasteiger partial charge in [0, 0.05) is 5.92 Å². The van der Waals surface area contributed by atoms with Crippen molar-refractivity contribution in [2.24, 2.45) is 29.6 Å². The summed E-state index contributed by atoms with van der Waals surface area (Å²) in [6.07, 6.45) is 4.24. The van der Waals surface area contributed by atoms with Crippen LogP contribution in [-0.4, -0.2) is 16.8 Å². The lowest BCUT2D eigenvalue weighted by Crippen LogP contribution is -2.16. The summed E-state index contributed by atoms with van der Waals surface area (Å²) in [5, 5.41) is 3.08. The van der Waals surface area contributed by atoms with Gasteiger partial charge in [0.05, 0.1) is 12.3 Å². The second-order valence-electron chi connectivity index (χ2n) is 7.31. The number of rotatable bonds is 4. The largest absolute Gasteiger partial charge is 0.492 e. The number of hydrogen-bond donors (Lipinski definition) is 1. The number of anilines is 1. The van der Waals surface area contributed by atoms with E-state index in [-0.39, 0.29) is 11.8 Å². The zero-order valence-electron chi connectivity index (χ0n) is 13.8. The molecule has 1 amide bonds. The van der Waals surface area contributed by atoms with Crippen LogP contribution in [0.15, 0.2) is 24.3 Å². The molecule has 1 N–H and O–H groups in total. The number of ether oxygens (including phenoxy) is 1. The van der Waals surface area contributed by atoms with Crippen LogP contribution in [-0.2, 0) is 4.79 Å². The summed E-state index contributed by atoms with van der Waals surface area (Å²) < 4.78 is 5.10. The quantitative estimate of drug-likeness (QED) is 0.770. The molecule has 5 atom stereocenters. The maximum atomic E-state index is 12.7. The lowest BCUT2D eigenvalue weighted by molar-refractivity contribution is -0.117. The van der Waals surface area contributed by atoms with Crippen LogP contribution in [0, 0.1) is 29.6 Å². The summed E-state index contributed by atoms with van der Waals surface area (Å²) in [7, 11) is 0. The Hall–Kier alpha value is -0.930. The molecule has 0 saturated heterocycles. The normalized spacial score (nSPS) is 35.7. The molecule has 3 saturated carbocycles. The number of benzene rings is 1. The van der Waals surface area contributed by atoms with E-state index in [1.54, 1.807) is 0 Å². The Bertz CT molecular complexity index is 626. The molecule has 0 aliphatic heterocycles. The number of carbonyl (C=O) groups excluding carboxylic acids is 1. The van der Waals surface area contributed by atoms with E-state index in [2.05, 4.69) is 5.32 Å². The first-order valence-corrected chi connectivity index (χ1v) is 9.70. The van der Waals surface area contributed by atoms with E-state index in [0.717, 1.165) is 37.1 Å². The smallest absolute Gasteiger partial charge is 0.228 e. The van der Waals surface area contributed by atoms with Gasteiger partial charge in [0.15, 0.2) is 0 Å². The first-order chi connectivity index (χ1) is 11.5. The van der Waals surface area contributed by atoms with E-state index in [1.165, 1.54) is 0 Å². The Labute approximate surface area is 153 Å². The summed E-state index contributed by atoms with van der Waals surface area (Å²) in [6, 6.07) is 7.63. The average Bonchev–Trinajstić information content (AvgIpc) is 3.34. The zero-order valence-corrected chi connectivity index (χ0v) is 15.3. The van der Waals surface area contributed by atoms with Gasteiger partial charge in [-0.25, -0.2) is 0 Å². The minimum Gasteiger partial charge on any atom is -0.492 e. The van der Waals surface area contributed by atoms with Crippen molar-refractivity contribution in [1.82, 2.24) is 0 Å². The second-order valence-corrected chi connectivity index (χ2v) is 8.76. The highest BCUT2D eigenvalue weighted by molar-refractivity contribution is 6.51. The van der Waals surface area contributed by atoms with Crippen LogP contribution in [0.3, 0.4) is 0 Å². The van der Waals surface area contributed by atoms with Gasteiger partial charge in [-0.2, -0.15) is 0 Å². The Kier molecular flexibility index (Phi) is 4.20. The highest BCUT2D eigenvalue weighted by Crippen LogP contribution is 2.67. The number of fused-ring (bicyclic) bond motifs is 2. The van der Waals surface area contributed by atoms with E-state index >= 15 is 0 Å². The second kappa shape index (κ2) is 6.10. The standard InChI is InChI=1S/C19H23Cl2NO2/c1-2-24-16-6-4-3-5-15(16)22-18(23)17-11-7-9-13-14(19(13,20)21)10-8-12(11)17/h3-6,11-14,17H,2,7-10H2,1H3,(H,22,23)/t11-,12+,13+,14-,17?. The molecule has 0 radical (unpaired) electrons. The third kappa shape index (κ3) is 2.80. The van der Waals surface area contributed by atoms with Crippen molar-refractivity contribution in [2.45, 2.75) is 36.9 Å². The molecule has 3 aliphatic rings. The number of halogens is 2. The maximum Gasteiger partial charge on any atom is 0.228 e. The Morgan fingerprint density at radius 2 is 1.79 bits per heavy atom. The van der Waals surface area contributed by atoms with Gasteiger partial charge in [0.1, 0.15) is 10.1 Å². The van der Waals surface area contributed by atoms with Crippen molar-refractivity contribution in [2.75, 3.05) is 11.9 Å². The van der Waals surface area contributed by atoms with Gasteiger partial charge in [0.25, 0.3) is 0 Å². The summed E-state index contributed by atoms with van der Waals surface area (Å²) >= 11 is 12.7. The van der Waals surface area contributed by atoms with Gasteiger partial charge in [0.2, 0.25) is 5.91 Å². The van der Waals surface area contributed by atoms with Gasteiger partial charge in [-0.3, -0.25) is 4.79 Å². The third-order valence-corrected chi connectivity index (χ3v) is 7.19. The number of carbonyl (C=O) groups is 1. The van der Waals surface area contributed by atoms with Crippen molar-refractivity contribution in [1.29, 1.82) is 0 Å². The third-order valence-electron chi connectivity index (χ3n) is 6.07. The molecule has 0 aromatic heterocycles. The molecule has 4 rings (SSSR count). The highest BCUT2D eigenvalue weighted by Gasteiger charge is 2.65. The van der Waals surface area contributed by atoms with Gasteiger partial charge in [-0.05, 0) is 68.4 Å². The van der Waals surface area contributed by atoms with Crippen LogP contribution in [0.1, 0.15) is 32.6 Å². The highest BCUT2D eigenvalue weighted by atomic mass is 35.5. The summed E-state index contributed by atoms with van der Waals surface area (Å²) in [6.45, 7) is 2.53. The van der Waals surface area contributed by atoms with Gasteiger partial charge in [-0.15, -0.1) is 23.2 Å². The van der Waals surface area contributed by atoms with Gasteiger partial charge < -0.3 is 10.1 Å². The molecule has 24 heavy (non-hydrogen) atoms. The number of para-hydroxylation sites is 2. The van der Waals surface area contributed by atoms with Crippen LogP contribution in [0.5, 0.6) is 5.75 Å². The summed E-state index contributed by atoms with van der Waals surface area (Å²) in [5.74, 6) is 2.87. The lowest BCUT2D eigenvalue weighted by Gasteiger charge is -2.11. The molecule has 0 bridgehead atoms. The topological polar surface area (TPSA) is 38.3 Å². The Morgan fingerprint density at radius 1 is 1.17 bits per heavy atom. The van der Waals surface area contributed by atoms with Gasteiger partial charge in [-0.1, -0.05) is 12.1 Å². The molecular weight excluding hydrogens is 345 g/mol. The minimum absolute atomic E-state index is 0.135. The SMILES string of the molecule is CCOc1ccccc1NC(=O)C1[C@H]2CC[C@@H]3[C@H](CC[C@@H]12)C3(Cl)Cl. The molecule has 3 nitrogen and oxygen atoms in total. The molecule has 1 aromatic rings. The predicted octanol–water partition coefficient (Wildman–Crippen LogP) is 4.88. The number of hydrogen-bond acceptors (Lipinski definition) is 2. The lowest BCUT2D eigenvalue weighted by atomic mass is 10.0. The summed E-state index contributed by atoms with van der Waals surface area (Å²) in [4.78, 5) is 12.7. The van der Waals surface area contributed by atoms with E-state index in [0.29, 0.717) is 30.3 Å². The maximum absolute atomic E-state index is 12.7. The molecule has 130 valence electrons. The first-order valence-electron chi connectivity index (χ1n) is 8.94. The molecular formula is C19H23Cl2NO2. The zero-order chi connectivity index (χ0) is 16.9. The molecule has 0 heterocycles. The Balaban J connectivity index is 1.39. The predicted molar refractivity (Wildman–Crippen MR) is 96.6 cm³/mol. The molecule has 1 unspecified atom stereocenters.